The molecule has 0 radical (unpaired) electrons. The van der Waals surface area contributed by atoms with Crippen LogP contribution < -0.4 is 9.62 Å². The van der Waals surface area contributed by atoms with Crippen LogP contribution in [0.2, 0.25) is 5.02 Å². The Hall–Kier alpha value is -3.43. The third kappa shape index (κ3) is 6.90. The zero-order valence-electron chi connectivity index (χ0n) is 21.7. The molecule has 0 aliphatic carbocycles. The van der Waals surface area contributed by atoms with Gasteiger partial charge in [0.2, 0.25) is 11.8 Å². The molecule has 7 nitrogen and oxygen atoms in total. The van der Waals surface area contributed by atoms with Crippen LogP contribution in [-0.2, 0) is 26.2 Å². The maximum absolute atomic E-state index is 13.8. The fraction of sp³-hybridized carbons (Fsp3) is 0.286. The topological polar surface area (TPSA) is 86.8 Å². The molecule has 0 saturated heterocycles. The van der Waals surface area contributed by atoms with Gasteiger partial charge in [0.1, 0.15) is 18.4 Å². The first-order chi connectivity index (χ1) is 17.9. The van der Waals surface area contributed by atoms with E-state index in [1.165, 1.54) is 41.3 Å². The number of hydrogen-bond donors (Lipinski definition) is 1. The SMILES string of the molecule is CCNC(=O)[C@H](C)N(Cc1ccc(F)cc1)C(=O)CN(c1ccc(Cl)cc1C)S(=O)(=O)c1ccc(C)cc1. The van der Waals surface area contributed by atoms with Crippen LogP contribution >= 0.6 is 11.6 Å². The molecule has 38 heavy (non-hydrogen) atoms. The van der Waals surface area contributed by atoms with Gasteiger partial charge in [-0.3, -0.25) is 13.9 Å². The molecule has 10 heteroatoms. The zero-order valence-corrected chi connectivity index (χ0v) is 23.3. The van der Waals surface area contributed by atoms with Crippen LogP contribution in [0, 0.1) is 19.7 Å². The average Bonchev–Trinajstić information content (AvgIpc) is 2.87. The molecule has 0 spiro atoms. The number of likely N-dealkylation sites (N-methyl/N-ethyl adjacent to an activating group) is 1. The summed E-state index contributed by atoms with van der Waals surface area (Å²) in [6.07, 6.45) is 0. The van der Waals surface area contributed by atoms with E-state index in [1.54, 1.807) is 51.1 Å². The van der Waals surface area contributed by atoms with Gasteiger partial charge in [0.05, 0.1) is 10.6 Å². The highest BCUT2D eigenvalue weighted by Gasteiger charge is 2.33. The first kappa shape index (κ1) is 29.1. The van der Waals surface area contributed by atoms with E-state index in [2.05, 4.69) is 5.32 Å². The lowest BCUT2D eigenvalue weighted by Gasteiger charge is -2.32. The molecular formula is C28H31ClFN3O4S. The molecule has 0 saturated carbocycles. The summed E-state index contributed by atoms with van der Waals surface area (Å²) in [5.41, 5.74) is 2.32. The second kappa shape index (κ2) is 12.4. The van der Waals surface area contributed by atoms with Gasteiger partial charge in [-0.15, -0.1) is 0 Å². The zero-order chi connectivity index (χ0) is 28.0. The average molecular weight is 560 g/mol. The summed E-state index contributed by atoms with van der Waals surface area (Å²) < 4.78 is 42.2. The Labute approximate surface area is 228 Å². The summed E-state index contributed by atoms with van der Waals surface area (Å²) in [6, 6.07) is 15.7. The Morgan fingerprint density at radius 2 is 1.63 bits per heavy atom. The number of sulfonamides is 1. The predicted molar refractivity (Wildman–Crippen MR) is 147 cm³/mol. The van der Waals surface area contributed by atoms with E-state index >= 15 is 0 Å². The van der Waals surface area contributed by atoms with E-state index < -0.39 is 40.2 Å². The number of halogens is 2. The lowest BCUT2D eigenvalue weighted by Crippen LogP contribution is -2.51. The second-order valence-corrected chi connectivity index (χ2v) is 11.3. The molecule has 0 bridgehead atoms. The van der Waals surface area contributed by atoms with E-state index in [1.807, 2.05) is 6.92 Å². The van der Waals surface area contributed by atoms with Crippen LogP contribution in [0.4, 0.5) is 10.1 Å². The maximum Gasteiger partial charge on any atom is 0.264 e. The molecule has 0 unspecified atom stereocenters. The number of anilines is 1. The molecule has 1 N–H and O–H groups in total. The van der Waals surface area contributed by atoms with E-state index in [0.29, 0.717) is 22.7 Å². The van der Waals surface area contributed by atoms with Crippen LogP contribution in [-0.4, -0.2) is 44.3 Å². The molecule has 0 aromatic heterocycles. The molecule has 0 heterocycles. The smallest absolute Gasteiger partial charge is 0.264 e. The van der Waals surface area contributed by atoms with Crippen molar-refractivity contribution in [3.8, 4) is 0 Å². The number of carbonyl (C=O) groups excluding carboxylic acids is 2. The number of aryl methyl sites for hydroxylation is 2. The molecule has 202 valence electrons. The minimum Gasteiger partial charge on any atom is -0.355 e. The third-order valence-corrected chi connectivity index (χ3v) is 8.11. The van der Waals surface area contributed by atoms with Crippen molar-refractivity contribution in [3.63, 3.8) is 0 Å². The standard InChI is InChI=1S/C28H31ClFN3O4S/c1-5-31-28(35)21(4)32(17-22-8-11-24(30)12-9-22)27(34)18-33(26-15-10-23(29)16-20(26)3)38(36,37)25-13-6-19(2)7-14-25/h6-16,21H,5,17-18H2,1-4H3,(H,31,35)/t21-/m0/s1. The highest BCUT2D eigenvalue weighted by Crippen LogP contribution is 2.29. The predicted octanol–water partition coefficient (Wildman–Crippen LogP) is 4.84. The first-order valence-electron chi connectivity index (χ1n) is 12.1. The number of amides is 2. The summed E-state index contributed by atoms with van der Waals surface area (Å²) in [7, 11) is -4.18. The van der Waals surface area contributed by atoms with Crippen LogP contribution in [0.25, 0.3) is 0 Å². The number of nitrogens with one attached hydrogen (secondary N) is 1. The minimum atomic E-state index is -4.18. The van der Waals surface area contributed by atoms with Crippen molar-refractivity contribution in [1.29, 1.82) is 0 Å². The molecule has 3 rings (SSSR count). The van der Waals surface area contributed by atoms with E-state index in [-0.39, 0.29) is 17.1 Å². The van der Waals surface area contributed by atoms with Crippen molar-refractivity contribution < 1.29 is 22.4 Å². The van der Waals surface area contributed by atoms with E-state index in [0.717, 1.165) is 9.87 Å². The minimum absolute atomic E-state index is 0.0184. The van der Waals surface area contributed by atoms with Gasteiger partial charge < -0.3 is 10.2 Å². The number of hydrogen-bond acceptors (Lipinski definition) is 4. The second-order valence-electron chi connectivity index (χ2n) is 8.97. The van der Waals surface area contributed by atoms with Gasteiger partial charge >= 0.3 is 0 Å². The summed E-state index contributed by atoms with van der Waals surface area (Å²) in [5.74, 6) is -1.42. The van der Waals surface area contributed by atoms with Crippen molar-refractivity contribution in [2.75, 3.05) is 17.4 Å². The molecule has 2 amide bonds. The summed E-state index contributed by atoms with van der Waals surface area (Å²) in [4.78, 5) is 27.8. The molecule has 3 aromatic carbocycles. The maximum atomic E-state index is 13.8. The van der Waals surface area contributed by atoms with Gasteiger partial charge in [0.25, 0.3) is 10.0 Å². The molecule has 1 atom stereocenters. The van der Waals surface area contributed by atoms with Crippen molar-refractivity contribution in [2.45, 2.75) is 45.2 Å². The van der Waals surface area contributed by atoms with Gasteiger partial charge in [-0.1, -0.05) is 41.4 Å². The Morgan fingerprint density at radius 1 is 1.00 bits per heavy atom. The van der Waals surface area contributed by atoms with Crippen LogP contribution in [0.1, 0.15) is 30.5 Å². The number of carbonyl (C=O) groups is 2. The fourth-order valence-corrected chi connectivity index (χ4v) is 5.65. The van der Waals surface area contributed by atoms with Crippen LogP contribution in [0.5, 0.6) is 0 Å². The largest absolute Gasteiger partial charge is 0.355 e. The number of rotatable bonds is 10. The van der Waals surface area contributed by atoms with E-state index in [9.17, 15) is 22.4 Å². The van der Waals surface area contributed by atoms with Gasteiger partial charge in [-0.2, -0.15) is 0 Å². The highest BCUT2D eigenvalue weighted by atomic mass is 35.5. The lowest BCUT2D eigenvalue weighted by molar-refractivity contribution is -0.139. The first-order valence-corrected chi connectivity index (χ1v) is 13.9. The van der Waals surface area contributed by atoms with E-state index in [4.69, 9.17) is 11.6 Å². The quantitative estimate of drug-likeness (QED) is 0.385. The Kier molecular flexibility index (Phi) is 9.51. The third-order valence-electron chi connectivity index (χ3n) is 6.10. The Bertz CT molecular complexity index is 1400. The van der Waals surface area contributed by atoms with Gasteiger partial charge in [-0.05, 0) is 81.3 Å². The van der Waals surface area contributed by atoms with Crippen LogP contribution in [0.15, 0.2) is 71.6 Å². The Balaban J connectivity index is 2.06. The normalized spacial score (nSPS) is 12.1. The Morgan fingerprint density at radius 3 is 2.21 bits per heavy atom. The molecule has 0 fully saturated rings. The lowest BCUT2D eigenvalue weighted by atomic mass is 10.1. The van der Waals surface area contributed by atoms with Gasteiger partial charge in [0, 0.05) is 18.1 Å². The van der Waals surface area contributed by atoms with Crippen molar-refractivity contribution in [1.82, 2.24) is 10.2 Å². The van der Waals surface area contributed by atoms with Crippen LogP contribution in [0.3, 0.4) is 0 Å². The van der Waals surface area contributed by atoms with Crippen molar-refractivity contribution in [2.24, 2.45) is 0 Å². The van der Waals surface area contributed by atoms with Gasteiger partial charge in [0.15, 0.2) is 0 Å². The highest BCUT2D eigenvalue weighted by molar-refractivity contribution is 7.92. The monoisotopic (exact) mass is 559 g/mol. The molecule has 0 aliphatic heterocycles. The van der Waals surface area contributed by atoms with Crippen molar-refractivity contribution in [3.05, 3.63) is 94.3 Å². The molecule has 3 aromatic rings. The number of benzene rings is 3. The van der Waals surface area contributed by atoms with Crippen molar-refractivity contribution >= 4 is 39.1 Å². The molecule has 0 aliphatic rings. The summed E-state index contributed by atoms with van der Waals surface area (Å²) >= 11 is 6.12. The summed E-state index contributed by atoms with van der Waals surface area (Å²) in [6.45, 7) is 6.65. The molecular weight excluding hydrogens is 529 g/mol. The summed E-state index contributed by atoms with van der Waals surface area (Å²) in [5, 5.41) is 3.12. The number of nitrogens with zero attached hydrogens (tertiary/aromatic N) is 2. The van der Waals surface area contributed by atoms with Gasteiger partial charge in [-0.25, -0.2) is 12.8 Å². The fourth-order valence-electron chi connectivity index (χ4n) is 3.94.